The lowest BCUT2D eigenvalue weighted by atomic mass is 10.1. The Hall–Kier alpha value is -3.36. The average Bonchev–Trinajstić information content (AvgIpc) is 2.73. The second-order valence-electron chi connectivity index (χ2n) is 6.56. The first-order valence-electron chi connectivity index (χ1n) is 9.37. The largest absolute Gasteiger partial charge is 0.457 e. The van der Waals surface area contributed by atoms with E-state index in [1.807, 2.05) is 55.5 Å². The molecule has 1 amide bonds. The van der Waals surface area contributed by atoms with Gasteiger partial charge in [0.1, 0.15) is 11.5 Å². The zero-order valence-electron chi connectivity index (χ0n) is 16.5. The van der Waals surface area contributed by atoms with Gasteiger partial charge in [-0.05, 0) is 54.4 Å². The van der Waals surface area contributed by atoms with Crippen molar-refractivity contribution in [3.8, 4) is 11.5 Å². The van der Waals surface area contributed by atoms with Gasteiger partial charge in [0.25, 0.3) is 0 Å². The van der Waals surface area contributed by atoms with Crippen LogP contribution >= 0.6 is 0 Å². The third-order valence-electron chi connectivity index (χ3n) is 4.33. The van der Waals surface area contributed by atoms with E-state index in [2.05, 4.69) is 10.6 Å². The molecule has 0 atom stereocenters. The first kappa shape index (κ1) is 21.4. The number of ether oxygens (including phenoxy) is 1. The molecule has 8 heteroatoms. The molecule has 0 spiro atoms. The van der Waals surface area contributed by atoms with Crippen LogP contribution in [-0.2, 0) is 21.2 Å². The van der Waals surface area contributed by atoms with E-state index >= 15 is 0 Å². The molecule has 156 valence electrons. The topological polar surface area (TPSA) is 111 Å². The number of carbonyl (C=O) groups excluding carboxylic acids is 1. The van der Waals surface area contributed by atoms with Crippen molar-refractivity contribution in [2.24, 2.45) is 5.14 Å². The van der Waals surface area contributed by atoms with E-state index in [0.29, 0.717) is 23.4 Å². The Kier molecular flexibility index (Phi) is 6.71. The molecule has 0 radical (unpaired) electrons. The number of sulfonamides is 1. The number of benzene rings is 3. The average molecular weight is 426 g/mol. The fourth-order valence-corrected chi connectivity index (χ4v) is 3.40. The molecule has 0 aliphatic rings. The molecule has 3 rings (SSSR count). The molecular weight excluding hydrogens is 402 g/mol. The number of rotatable bonds is 8. The molecule has 3 aromatic carbocycles. The highest BCUT2D eigenvalue weighted by Gasteiger charge is 2.12. The molecule has 3 aromatic rings. The lowest BCUT2D eigenvalue weighted by molar-refractivity contribution is -0.114. The lowest BCUT2D eigenvalue weighted by Crippen LogP contribution is -2.22. The van der Waals surface area contributed by atoms with Gasteiger partial charge in [-0.3, -0.25) is 4.79 Å². The summed E-state index contributed by atoms with van der Waals surface area (Å²) in [5.41, 5.74) is 1.98. The number of primary sulfonamides is 1. The number of para-hydroxylation sites is 1. The highest BCUT2D eigenvalue weighted by molar-refractivity contribution is 7.89. The molecule has 0 aliphatic carbocycles. The molecule has 4 N–H and O–H groups in total. The van der Waals surface area contributed by atoms with Gasteiger partial charge in [0.05, 0.1) is 11.4 Å². The Morgan fingerprint density at radius 1 is 0.967 bits per heavy atom. The van der Waals surface area contributed by atoms with Crippen LogP contribution < -0.4 is 20.5 Å². The zero-order valence-corrected chi connectivity index (χ0v) is 17.3. The van der Waals surface area contributed by atoms with Crippen molar-refractivity contribution in [2.45, 2.75) is 18.2 Å². The van der Waals surface area contributed by atoms with Crippen LogP contribution in [-0.4, -0.2) is 20.9 Å². The SMILES string of the molecule is CCc1cc(S(N)(=O)=O)ccc1NC(=O)CNc1cccc(Oc2ccccc2)c1. The molecule has 0 saturated heterocycles. The van der Waals surface area contributed by atoms with Crippen LogP contribution in [0.3, 0.4) is 0 Å². The minimum Gasteiger partial charge on any atom is -0.457 e. The Labute approximate surface area is 175 Å². The van der Waals surface area contributed by atoms with Gasteiger partial charge < -0.3 is 15.4 Å². The van der Waals surface area contributed by atoms with Gasteiger partial charge in [-0.1, -0.05) is 31.2 Å². The summed E-state index contributed by atoms with van der Waals surface area (Å²) in [7, 11) is -3.79. The molecule has 0 aromatic heterocycles. The van der Waals surface area contributed by atoms with Crippen LogP contribution in [0.2, 0.25) is 0 Å². The summed E-state index contributed by atoms with van der Waals surface area (Å²) >= 11 is 0. The molecule has 0 heterocycles. The van der Waals surface area contributed by atoms with Crippen molar-refractivity contribution < 1.29 is 17.9 Å². The summed E-state index contributed by atoms with van der Waals surface area (Å²) in [6.45, 7) is 1.91. The standard InChI is InChI=1S/C22H23N3O4S/c1-2-16-13-20(30(23,27)28)11-12-21(16)25-22(26)15-24-17-7-6-10-19(14-17)29-18-8-4-3-5-9-18/h3-14,24H,2,15H2,1H3,(H,25,26)(H2,23,27,28). The van der Waals surface area contributed by atoms with Crippen molar-refractivity contribution in [1.29, 1.82) is 0 Å². The number of anilines is 2. The maximum Gasteiger partial charge on any atom is 0.243 e. The van der Waals surface area contributed by atoms with Gasteiger partial charge in [-0.15, -0.1) is 0 Å². The van der Waals surface area contributed by atoms with Crippen LogP contribution in [0.5, 0.6) is 11.5 Å². The lowest BCUT2D eigenvalue weighted by Gasteiger charge is -2.13. The van der Waals surface area contributed by atoms with E-state index in [-0.39, 0.29) is 17.3 Å². The minimum absolute atomic E-state index is 0.0192. The number of carbonyl (C=O) groups is 1. The first-order chi connectivity index (χ1) is 14.3. The predicted molar refractivity (Wildman–Crippen MR) is 117 cm³/mol. The van der Waals surface area contributed by atoms with Gasteiger partial charge >= 0.3 is 0 Å². The highest BCUT2D eigenvalue weighted by Crippen LogP contribution is 2.24. The molecule has 0 unspecified atom stereocenters. The minimum atomic E-state index is -3.79. The van der Waals surface area contributed by atoms with Crippen LogP contribution in [0, 0.1) is 0 Å². The summed E-state index contributed by atoms with van der Waals surface area (Å²) < 4.78 is 28.8. The van der Waals surface area contributed by atoms with Crippen molar-refractivity contribution in [3.63, 3.8) is 0 Å². The molecule has 0 saturated carbocycles. The third-order valence-corrected chi connectivity index (χ3v) is 5.24. The smallest absolute Gasteiger partial charge is 0.243 e. The van der Waals surface area contributed by atoms with E-state index in [1.54, 1.807) is 12.1 Å². The Morgan fingerprint density at radius 3 is 2.40 bits per heavy atom. The second-order valence-corrected chi connectivity index (χ2v) is 8.12. The van der Waals surface area contributed by atoms with Gasteiger partial charge in [0.2, 0.25) is 15.9 Å². The van der Waals surface area contributed by atoms with Crippen molar-refractivity contribution >= 4 is 27.3 Å². The van der Waals surface area contributed by atoms with E-state index in [9.17, 15) is 13.2 Å². The van der Waals surface area contributed by atoms with Gasteiger partial charge in [0, 0.05) is 17.4 Å². The highest BCUT2D eigenvalue weighted by atomic mass is 32.2. The summed E-state index contributed by atoms with van der Waals surface area (Å²) in [6, 6.07) is 21.1. The van der Waals surface area contributed by atoms with E-state index in [0.717, 1.165) is 11.4 Å². The predicted octanol–water partition coefficient (Wildman–Crippen LogP) is 3.74. The van der Waals surface area contributed by atoms with E-state index < -0.39 is 10.0 Å². The number of hydrogen-bond acceptors (Lipinski definition) is 5. The van der Waals surface area contributed by atoms with E-state index in [4.69, 9.17) is 9.88 Å². The monoisotopic (exact) mass is 425 g/mol. The van der Waals surface area contributed by atoms with Crippen molar-refractivity contribution in [2.75, 3.05) is 17.2 Å². The molecule has 0 bridgehead atoms. The number of amides is 1. The van der Waals surface area contributed by atoms with Gasteiger partial charge in [-0.25, -0.2) is 13.6 Å². The van der Waals surface area contributed by atoms with Crippen LogP contribution in [0.4, 0.5) is 11.4 Å². The summed E-state index contributed by atoms with van der Waals surface area (Å²) in [4.78, 5) is 12.4. The maximum atomic E-state index is 12.4. The normalized spacial score (nSPS) is 11.0. The number of nitrogens with two attached hydrogens (primary N) is 1. The quantitative estimate of drug-likeness (QED) is 0.509. The summed E-state index contributed by atoms with van der Waals surface area (Å²) in [6.07, 6.45) is 0.547. The van der Waals surface area contributed by atoms with Gasteiger partial charge in [0.15, 0.2) is 0 Å². The van der Waals surface area contributed by atoms with Gasteiger partial charge in [-0.2, -0.15) is 0 Å². The third kappa shape index (κ3) is 5.82. The zero-order chi connectivity index (χ0) is 21.6. The molecule has 30 heavy (non-hydrogen) atoms. The van der Waals surface area contributed by atoms with Crippen molar-refractivity contribution in [1.82, 2.24) is 0 Å². The Balaban J connectivity index is 1.62. The number of hydrogen-bond donors (Lipinski definition) is 3. The first-order valence-corrected chi connectivity index (χ1v) is 10.9. The number of aryl methyl sites for hydroxylation is 1. The summed E-state index contributed by atoms with van der Waals surface area (Å²) in [5, 5.41) is 11.0. The van der Waals surface area contributed by atoms with Crippen LogP contribution in [0.1, 0.15) is 12.5 Å². The van der Waals surface area contributed by atoms with Crippen molar-refractivity contribution in [3.05, 3.63) is 78.4 Å². The molecular formula is C22H23N3O4S. The molecule has 7 nitrogen and oxygen atoms in total. The van der Waals surface area contributed by atoms with Crippen LogP contribution in [0.25, 0.3) is 0 Å². The maximum absolute atomic E-state index is 12.4. The Bertz CT molecular complexity index is 1130. The fraction of sp³-hybridized carbons (Fsp3) is 0.136. The molecule has 0 aliphatic heterocycles. The number of nitrogens with one attached hydrogen (secondary N) is 2. The molecule has 0 fully saturated rings. The van der Waals surface area contributed by atoms with E-state index in [1.165, 1.54) is 12.1 Å². The summed E-state index contributed by atoms with van der Waals surface area (Å²) in [5.74, 6) is 1.11. The Morgan fingerprint density at radius 2 is 1.70 bits per heavy atom. The second kappa shape index (κ2) is 9.43. The fourth-order valence-electron chi connectivity index (χ4n) is 2.83. The van der Waals surface area contributed by atoms with Crippen LogP contribution in [0.15, 0.2) is 77.7 Å².